The first kappa shape index (κ1) is 16.6. The minimum atomic E-state index is -0.0195. The van der Waals surface area contributed by atoms with Crippen LogP contribution >= 0.6 is 0 Å². The Kier molecular flexibility index (Phi) is 4.79. The van der Waals surface area contributed by atoms with Crippen LogP contribution < -0.4 is 10.2 Å². The van der Waals surface area contributed by atoms with E-state index in [0.717, 1.165) is 50.1 Å². The molecule has 1 N–H and O–H groups in total. The van der Waals surface area contributed by atoms with E-state index < -0.39 is 0 Å². The van der Waals surface area contributed by atoms with Crippen LogP contribution in [-0.4, -0.2) is 66.1 Å². The number of hydrogen-bond acceptors (Lipinski definition) is 4. The predicted molar refractivity (Wildman–Crippen MR) is 100 cm³/mol. The van der Waals surface area contributed by atoms with Gasteiger partial charge in [0.15, 0.2) is 5.82 Å². The molecule has 0 spiro atoms. The van der Waals surface area contributed by atoms with E-state index >= 15 is 0 Å². The van der Waals surface area contributed by atoms with E-state index in [0.29, 0.717) is 6.04 Å². The van der Waals surface area contributed by atoms with Crippen molar-refractivity contribution in [3.63, 3.8) is 0 Å². The molecule has 3 fully saturated rings. The first-order valence-electron chi connectivity index (χ1n) is 9.70. The fraction of sp³-hybridized carbons (Fsp3) is 0.684. The zero-order chi connectivity index (χ0) is 17.2. The number of aromatic nitrogens is 1. The number of nitrogens with zero attached hydrogens (tertiary/aromatic N) is 4. The van der Waals surface area contributed by atoms with Gasteiger partial charge in [0, 0.05) is 51.5 Å². The number of urea groups is 1. The van der Waals surface area contributed by atoms with E-state index in [4.69, 9.17) is 0 Å². The number of amides is 2. The van der Waals surface area contributed by atoms with Crippen molar-refractivity contribution in [1.82, 2.24) is 14.8 Å². The highest BCUT2D eigenvalue weighted by atomic mass is 16.2. The van der Waals surface area contributed by atoms with E-state index in [2.05, 4.69) is 20.1 Å². The van der Waals surface area contributed by atoms with Crippen LogP contribution in [-0.2, 0) is 0 Å². The lowest BCUT2D eigenvalue weighted by Crippen LogP contribution is -2.42. The van der Waals surface area contributed by atoms with Crippen LogP contribution in [0.3, 0.4) is 0 Å². The average molecular weight is 343 g/mol. The number of hydrogen-bond donors (Lipinski definition) is 1. The van der Waals surface area contributed by atoms with Crippen LogP contribution in [0.15, 0.2) is 18.3 Å². The maximum Gasteiger partial charge on any atom is 0.321 e. The van der Waals surface area contributed by atoms with Gasteiger partial charge in [0.25, 0.3) is 0 Å². The van der Waals surface area contributed by atoms with Crippen molar-refractivity contribution < 1.29 is 4.79 Å². The summed E-state index contributed by atoms with van der Waals surface area (Å²) in [5.41, 5.74) is 0.832. The van der Waals surface area contributed by atoms with Crippen LogP contribution in [0, 0.1) is 0 Å². The molecule has 1 aliphatic carbocycles. The van der Waals surface area contributed by atoms with Crippen molar-refractivity contribution in [1.29, 1.82) is 0 Å². The zero-order valence-corrected chi connectivity index (χ0v) is 15.2. The second-order valence-corrected chi connectivity index (χ2v) is 7.63. The smallest absolute Gasteiger partial charge is 0.321 e. The molecule has 136 valence electrons. The summed E-state index contributed by atoms with van der Waals surface area (Å²) in [6.45, 7) is 4.18. The quantitative estimate of drug-likeness (QED) is 0.913. The molecule has 2 aliphatic heterocycles. The Morgan fingerprint density at radius 3 is 2.76 bits per heavy atom. The molecule has 0 bridgehead atoms. The summed E-state index contributed by atoms with van der Waals surface area (Å²) in [7, 11) is 1.92. The molecule has 0 radical (unpaired) electrons. The number of carbonyl (C=O) groups excluding carboxylic acids is 1. The van der Waals surface area contributed by atoms with Gasteiger partial charge in [-0.3, -0.25) is 4.90 Å². The molecular formula is C19H29N5O. The number of piperidine rings is 1. The molecular weight excluding hydrogens is 314 g/mol. The lowest BCUT2D eigenvalue weighted by molar-refractivity contribution is 0.201. The summed E-state index contributed by atoms with van der Waals surface area (Å²) >= 11 is 0. The van der Waals surface area contributed by atoms with Crippen molar-refractivity contribution in [2.75, 3.05) is 43.4 Å². The SMILES string of the molecule is CN(C(=O)Nc1cccnc1N1CCCCC1)C1CCN(C2CC2)C1. The van der Waals surface area contributed by atoms with Crippen LogP contribution in [0.4, 0.5) is 16.3 Å². The highest BCUT2D eigenvalue weighted by Gasteiger charge is 2.36. The topological polar surface area (TPSA) is 51.7 Å². The number of anilines is 2. The molecule has 0 aromatic carbocycles. The zero-order valence-electron chi connectivity index (χ0n) is 15.2. The minimum absolute atomic E-state index is 0.0195. The Hall–Kier alpha value is -1.82. The highest BCUT2D eigenvalue weighted by molar-refractivity contribution is 5.92. The standard InChI is InChI=1S/C19H29N5O/c1-22(16-9-13-24(14-16)15-7-8-15)19(25)21-17-6-5-10-20-18(17)23-11-3-2-4-12-23/h5-6,10,15-16H,2-4,7-9,11-14H2,1H3,(H,21,25). The molecule has 6 heteroatoms. The van der Waals surface area contributed by atoms with Crippen molar-refractivity contribution >= 4 is 17.5 Å². The number of likely N-dealkylation sites (N-methyl/N-ethyl adjacent to an activating group) is 1. The Bertz CT molecular complexity index is 612. The lowest BCUT2D eigenvalue weighted by atomic mass is 10.1. The number of nitrogens with one attached hydrogen (secondary N) is 1. The normalized spacial score (nSPS) is 24.4. The molecule has 1 aromatic heterocycles. The van der Waals surface area contributed by atoms with E-state index in [1.165, 1.54) is 32.1 Å². The Labute approximate surface area is 150 Å². The highest BCUT2D eigenvalue weighted by Crippen LogP contribution is 2.31. The molecule has 3 heterocycles. The van der Waals surface area contributed by atoms with Gasteiger partial charge in [-0.2, -0.15) is 0 Å². The van der Waals surface area contributed by atoms with Crippen LogP contribution in [0.5, 0.6) is 0 Å². The minimum Gasteiger partial charge on any atom is -0.355 e. The first-order chi connectivity index (χ1) is 12.2. The van der Waals surface area contributed by atoms with Crippen LogP contribution in [0.1, 0.15) is 38.5 Å². The third-order valence-electron chi connectivity index (χ3n) is 5.81. The van der Waals surface area contributed by atoms with Gasteiger partial charge in [-0.25, -0.2) is 9.78 Å². The fourth-order valence-electron chi connectivity index (χ4n) is 4.08. The van der Waals surface area contributed by atoms with Gasteiger partial charge in [-0.15, -0.1) is 0 Å². The largest absolute Gasteiger partial charge is 0.355 e. The van der Waals surface area contributed by atoms with E-state index in [-0.39, 0.29) is 6.03 Å². The number of likely N-dealkylation sites (tertiary alicyclic amines) is 1. The van der Waals surface area contributed by atoms with Gasteiger partial charge >= 0.3 is 6.03 Å². The number of rotatable bonds is 4. The van der Waals surface area contributed by atoms with E-state index in [9.17, 15) is 4.79 Å². The van der Waals surface area contributed by atoms with Gasteiger partial charge in [-0.05, 0) is 50.7 Å². The van der Waals surface area contributed by atoms with Crippen molar-refractivity contribution in [3.8, 4) is 0 Å². The monoisotopic (exact) mass is 343 g/mol. The molecule has 2 saturated heterocycles. The van der Waals surface area contributed by atoms with E-state index in [1.807, 2.05) is 30.3 Å². The van der Waals surface area contributed by atoms with Crippen molar-refractivity contribution in [3.05, 3.63) is 18.3 Å². The second-order valence-electron chi connectivity index (χ2n) is 7.63. The predicted octanol–water partition coefficient (Wildman–Crippen LogP) is 2.77. The maximum atomic E-state index is 12.8. The van der Waals surface area contributed by atoms with Gasteiger partial charge < -0.3 is 15.1 Å². The summed E-state index contributed by atoms with van der Waals surface area (Å²) in [6, 6.07) is 4.94. The second kappa shape index (κ2) is 7.20. The molecule has 2 amide bonds. The first-order valence-corrected chi connectivity index (χ1v) is 9.70. The summed E-state index contributed by atoms with van der Waals surface area (Å²) in [4.78, 5) is 24.0. The third-order valence-corrected chi connectivity index (χ3v) is 5.81. The summed E-state index contributed by atoms with van der Waals surface area (Å²) in [5.74, 6) is 0.912. The molecule has 4 rings (SSSR count). The van der Waals surface area contributed by atoms with Gasteiger partial charge in [0.1, 0.15) is 0 Å². The Morgan fingerprint density at radius 2 is 2.00 bits per heavy atom. The molecule has 3 aliphatic rings. The number of carbonyl (C=O) groups is 1. The molecule has 25 heavy (non-hydrogen) atoms. The average Bonchev–Trinajstić information content (AvgIpc) is 3.39. The molecule has 1 atom stereocenters. The summed E-state index contributed by atoms with van der Waals surface area (Å²) in [6.07, 6.45) is 9.23. The molecule has 1 unspecified atom stereocenters. The Balaban J connectivity index is 1.40. The maximum absolute atomic E-state index is 12.8. The summed E-state index contributed by atoms with van der Waals surface area (Å²) in [5, 5.41) is 3.11. The molecule has 6 nitrogen and oxygen atoms in total. The van der Waals surface area contributed by atoms with Gasteiger partial charge in [0.05, 0.1) is 5.69 Å². The fourth-order valence-corrected chi connectivity index (χ4v) is 4.08. The summed E-state index contributed by atoms with van der Waals surface area (Å²) < 4.78 is 0. The van der Waals surface area contributed by atoms with E-state index in [1.54, 1.807) is 0 Å². The third kappa shape index (κ3) is 3.73. The molecule has 1 aromatic rings. The van der Waals surface area contributed by atoms with Crippen molar-refractivity contribution in [2.24, 2.45) is 0 Å². The number of pyridine rings is 1. The van der Waals surface area contributed by atoms with Crippen LogP contribution in [0.25, 0.3) is 0 Å². The van der Waals surface area contributed by atoms with Gasteiger partial charge in [-0.1, -0.05) is 0 Å². The van der Waals surface area contributed by atoms with Gasteiger partial charge in [0.2, 0.25) is 0 Å². The Morgan fingerprint density at radius 1 is 1.20 bits per heavy atom. The lowest BCUT2D eigenvalue weighted by Gasteiger charge is -2.30. The van der Waals surface area contributed by atoms with Crippen LogP contribution in [0.2, 0.25) is 0 Å². The van der Waals surface area contributed by atoms with Crippen molar-refractivity contribution in [2.45, 2.75) is 50.6 Å². The molecule has 1 saturated carbocycles.